The van der Waals surface area contributed by atoms with Crippen molar-refractivity contribution in [3.63, 3.8) is 0 Å². The molecule has 7 nitrogen and oxygen atoms in total. The van der Waals surface area contributed by atoms with Crippen molar-refractivity contribution in [3.05, 3.63) is 75.5 Å². The van der Waals surface area contributed by atoms with Crippen molar-refractivity contribution in [1.29, 1.82) is 0 Å². The fraction of sp³-hybridized carbons (Fsp3) is 0.308. The molecule has 2 aromatic rings. The normalized spacial score (nSPS) is 19.0. The number of β-lactam (4-membered cyclic amide) rings is 1. The smallest absolute Gasteiger partial charge is 0.357 e. The molecular formula is C26H25Cl2NO6S2. The Kier molecular flexibility index (Phi) is 9.08. The second kappa shape index (κ2) is 11.5. The number of thioether (sulfide) groups is 1. The molecule has 1 fully saturated rings. The molecule has 0 bridgehead atoms. The van der Waals surface area contributed by atoms with Crippen molar-refractivity contribution in [2.45, 2.75) is 39.3 Å². The van der Waals surface area contributed by atoms with E-state index < -0.39 is 40.5 Å². The number of hydrogen-bond acceptors (Lipinski definition) is 7. The highest BCUT2D eigenvalue weighted by Gasteiger charge is 2.53. The summed E-state index contributed by atoms with van der Waals surface area (Å²) in [4.78, 5) is 39.2. The maximum Gasteiger partial charge on any atom is 0.357 e. The first kappa shape index (κ1) is 29.1. The number of ether oxygens (including phenoxy) is 1. The average Bonchev–Trinajstić information content (AvgIpc) is 2.81. The quantitative estimate of drug-likeness (QED) is 0.0806. The third-order valence-electron chi connectivity index (χ3n) is 5.45. The van der Waals surface area contributed by atoms with E-state index in [0.29, 0.717) is 27.2 Å². The Hall–Kier alpha value is -2.43. The van der Waals surface area contributed by atoms with Gasteiger partial charge in [0.05, 0.1) is 16.9 Å². The minimum atomic E-state index is -1.51. The van der Waals surface area contributed by atoms with Crippen LogP contribution in [0.5, 0.6) is 5.75 Å². The third-order valence-corrected chi connectivity index (χ3v) is 7.90. The highest BCUT2D eigenvalue weighted by atomic mass is 35.5. The predicted molar refractivity (Wildman–Crippen MR) is 148 cm³/mol. The van der Waals surface area contributed by atoms with E-state index in [1.807, 2.05) is 0 Å². The predicted octanol–water partition coefficient (Wildman–Crippen LogP) is 5.45. The van der Waals surface area contributed by atoms with Gasteiger partial charge in [-0.3, -0.25) is 14.5 Å². The number of aliphatic hydroxyl groups is 1. The Balaban J connectivity index is 1.97. The summed E-state index contributed by atoms with van der Waals surface area (Å²) >= 11 is 18.3. The molecule has 11 heteroatoms. The van der Waals surface area contributed by atoms with Crippen molar-refractivity contribution < 1.29 is 29.3 Å². The number of thiocarbonyl (C=S) groups is 1. The van der Waals surface area contributed by atoms with Gasteiger partial charge in [0.2, 0.25) is 11.0 Å². The lowest BCUT2D eigenvalue weighted by Crippen LogP contribution is -2.62. The van der Waals surface area contributed by atoms with Gasteiger partial charge in [0.1, 0.15) is 11.3 Å². The lowest BCUT2D eigenvalue weighted by atomic mass is 9.92. The average molecular weight is 583 g/mol. The van der Waals surface area contributed by atoms with Crippen LogP contribution in [-0.2, 0) is 14.4 Å². The summed E-state index contributed by atoms with van der Waals surface area (Å²) < 4.78 is 5.87. The van der Waals surface area contributed by atoms with E-state index in [2.05, 4.69) is 0 Å². The van der Waals surface area contributed by atoms with E-state index in [9.17, 15) is 24.6 Å². The topological polar surface area (TPSA) is 104 Å². The number of carboxylic acids is 1. The molecule has 2 aromatic carbocycles. The number of aliphatic hydroxyl groups excluding tert-OH is 1. The molecule has 0 aromatic heterocycles. The zero-order valence-corrected chi connectivity index (χ0v) is 23.5. The first-order chi connectivity index (χ1) is 17.2. The van der Waals surface area contributed by atoms with Crippen molar-refractivity contribution in [1.82, 2.24) is 4.90 Å². The van der Waals surface area contributed by atoms with Gasteiger partial charge in [-0.2, -0.15) is 0 Å². The zero-order chi connectivity index (χ0) is 27.7. The van der Waals surface area contributed by atoms with E-state index in [1.54, 1.807) is 69.3 Å². The fourth-order valence-electron chi connectivity index (χ4n) is 3.34. The minimum Gasteiger partial charge on any atom is -0.476 e. The SMILES string of the molecule is C[C@@H](O)[C@H]1C(=O)N(C(C(=O)O)=C(Oc2ccc(C(=S)c3ccc(Cl)cc3)cc2)SC(=O)C(C)(C)C)[C@H]1Cl. The molecule has 1 amide bonds. The Morgan fingerprint density at radius 1 is 1.08 bits per heavy atom. The van der Waals surface area contributed by atoms with Crippen LogP contribution in [0.25, 0.3) is 0 Å². The Labute approximate surface area is 234 Å². The van der Waals surface area contributed by atoms with Gasteiger partial charge in [0.25, 0.3) is 0 Å². The maximum absolute atomic E-state index is 12.8. The summed E-state index contributed by atoms with van der Waals surface area (Å²) in [5.41, 5.74) is -1.03. The van der Waals surface area contributed by atoms with Crippen molar-refractivity contribution in [2.24, 2.45) is 11.3 Å². The van der Waals surface area contributed by atoms with E-state index >= 15 is 0 Å². The largest absolute Gasteiger partial charge is 0.476 e. The van der Waals surface area contributed by atoms with Crippen molar-refractivity contribution in [3.8, 4) is 5.75 Å². The second-order valence-corrected chi connectivity index (χ2v) is 11.6. The molecule has 1 heterocycles. The van der Waals surface area contributed by atoms with Gasteiger partial charge in [-0.25, -0.2) is 4.79 Å². The monoisotopic (exact) mass is 581 g/mol. The fourth-order valence-corrected chi connectivity index (χ4v) is 5.15. The van der Waals surface area contributed by atoms with Crippen LogP contribution in [-0.4, -0.2) is 48.6 Å². The van der Waals surface area contributed by atoms with Crippen LogP contribution < -0.4 is 4.74 Å². The van der Waals surface area contributed by atoms with Gasteiger partial charge < -0.3 is 14.9 Å². The number of carbonyl (C=O) groups is 3. The van der Waals surface area contributed by atoms with Crippen LogP contribution in [0, 0.1) is 11.3 Å². The minimum absolute atomic E-state index is 0.219. The molecule has 37 heavy (non-hydrogen) atoms. The maximum atomic E-state index is 12.8. The number of halogens is 2. The van der Waals surface area contributed by atoms with E-state index in [1.165, 1.54) is 6.92 Å². The van der Waals surface area contributed by atoms with Gasteiger partial charge in [0, 0.05) is 10.4 Å². The molecule has 3 atom stereocenters. The summed E-state index contributed by atoms with van der Waals surface area (Å²) in [5, 5.41) is 19.7. The number of hydrogen-bond donors (Lipinski definition) is 2. The molecule has 1 aliphatic rings. The van der Waals surface area contributed by atoms with Gasteiger partial charge >= 0.3 is 5.97 Å². The number of carboxylic acid groups (broad SMARTS) is 1. The van der Waals surface area contributed by atoms with Crippen LogP contribution in [0.1, 0.15) is 38.8 Å². The number of aliphatic carboxylic acids is 1. The van der Waals surface area contributed by atoms with E-state index in [0.717, 1.165) is 10.5 Å². The van der Waals surface area contributed by atoms with Crippen molar-refractivity contribution in [2.75, 3.05) is 0 Å². The standard InChI is InChI=1S/C26H25Cl2NO6S2/c1-13(30)18-21(28)29(22(18)31)19(23(32)33)24(37-25(34)26(2,3)4)35-17-11-7-15(8-12-17)20(36)14-5-9-16(27)10-6-14/h5-13,18,21,30H,1-4H3,(H,32,33)/t13-,18-,21-/m1/s1. The lowest BCUT2D eigenvalue weighted by molar-refractivity contribution is -0.158. The molecule has 0 unspecified atom stereocenters. The third kappa shape index (κ3) is 6.53. The van der Waals surface area contributed by atoms with Crippen LogP contribution >= 0.6 is 47.2 Å². The number of amides is 1. The summed E-state index contributed by atoms with van der Waals surface area (Å²) in [6.45, 7) is 6.42. The number of alkyl halides is 1. The Morgan fingerprint density at radius 3 is 2.03 bits per heavy atom. The van der Waals surface area contributed by atoms with Gasteiger partial charge in [-0.05, 0) is 66.2 Å². The van der Waals surface area contributed by atoms with Crippen LogP contribution in [0.2, 0.25) is 5.02 Å². The lowest BCUT2D eigenvalue weighted by Gasteiger charge is -2.44. The molecule has 0 aliphatic carbocycles. The van der Waals surface area contributed by atoms with Gasteiger partial charge in [-0.1, -0.05) is 68.3 Å². The number of carbonyl (C=O) groups excluding carboxylic acids is 2. The molecule has 1 saturated heterocycles. The van der Waals surface area contributed by atoms with E-state index in [4.69, 9.17) is 40.2 Å². The number of likely N-dealkylation sites (tertiary alicyclic amines) is 1. The second-order valence-electron chi connectivity index (χ2n) is 9.39. The molecule has 3 rings (SSSR count). The molecule has 1 aliphatic heterocycles. The van der Waals surface area contributed by atoms with Gasteiger partial charge in [-0.15, -0.1) is 0 Å². The molecule has 0 spiro atoms. The highest BCUT2D eigenvalue weighted by molar-refractivity contribution is 8.16. The number of nitrogens with zero attached hydrogens (tertiary/aromatic N) is 1. The summed E-state index contributed by atoms with van der Waals surface area (Å²) in [6.07, 6.45) is -1.08. The van der Waals surface area contributed by atoms with Crippen LogP contribution in [0.15, 0.2) is 59.3 Å². The Morgan fingerprint density at radius 2 is 1.59 bits per heavy atom. The van der Waals surface area contributed by atoms with Crippen LogP contribution in [0.4, 0.5) is 0 Å². The summed E-state index contributed by atoms with van der Waals surface area (Å²) in [7, 11) is 0. The molecule has 2 N–H and O–H groups in total. The number of benzene rings is 2. The first-order valence-corrected chi connectivity index (χ1v) is 13.2. The van der Waals surface area contributed by atoms with Crippen LogP contribution in [0.3, 0.4) is 0 Å². The van der Waals surface area contributed by atoms with Gasteiger partial charge in [0.15, 0.2) is 10.8 Å². The first-order valence-electron chi connectivity index (χ1n) is 11.2. The number of rotatable bonds is 8. The summed E-state index contributed by atoms with van der Waals surface area (Å²) in [5.74, 6) is -2.95. The Bertz CT molecular complexity index is 1250. The van der Waals surface area contributed by atoms with E-state index in [-0.39, 0.29) is 16.0 Å². The highest BCUT2D eigenvalue weighted by Crippen LogP contribution is 2.40. The molecule has 196 valence electrons. The molecule has 0 saturated carbocycles. The van der Waals surface area contributed by atoms with Crippen molar-refractivity contribution >= 4 is 69.0 Å². The molecule has 0 radical (unpaired) electrons. The zero-order valence-electron chi connectivity index (χ0n) is 20.4. The summed E-state index contributed by atoms with van der Waals surface area (Å²) in [6, 6.07) is 13.6. The molecular weight excluding hydrogens is 557 g/mol.